The van der Waals surface area contributed by atoms with Crippen molar-refractivity contribution < 1.29 is 5.11 Å². The van der Waals surface area contributed by atoms with Crippen LogP contribution < -0.4 is 0 Å². The van der Waals surface area contributed by atoms with Crippen molar-refractivity contribution in [3.63, 3.8) is 0 Å². The largest absolute Gasteiger partial charge is 0.508 e. The van der Waals surface area contributed by atoms with E-state index in [0.29, 0.717) is 5.75 Å². The first-order chi connectivity index (χ1) is 12.8. The zero-order valence-corrected chi connectivity index (χ0v) is 17.7. The molecule has 0 aromatic heterocycles. The van der Waals surface area contributed by atoms with E-state index in [1.807, 2.05) is 23.9 Å². The van der Waals surface area contributed by atoms with Gasteiger partial charge in [0.1, 0.15) is 5.75 Å². The summed E-state index contributed by atoms with van der Waals surface area (Å²) in [6.07, 6.45) is 23.9. The molecule has 2 heteroatoms. The van der Waals surface area contributed by atoms with Gasteiger partial charge in [-0.25, -0.2) is 0 Å². The van der Waals surface area contributed by atoms with Crippen molar-refractivity contribution in [1.29, 1.82) is 0 Å². The molecule has 0 radical (unpaired) electrons. The van der Waals surface area contributed by atoms with Crippen molar-refractivity contribution in [1.82, 2.24) is 0 Å². The van der Waals surface area contributed by atoms with Crippen molar-refractivity contribution in [3.8, 4) is 5.75 Å². The van der Waals surface area contributed by atoms with Gasteiger partial charge in [-0.2, -0.15) is 0 Å². The van der Waals surface area contributed by atoms with Crippen LogP contribution in [0.3, 0.4) is 0 Å². The number of hydrogen-bond acceptors (Lipinski definition) is 2. The molecule has 0 spiro atoms. The molecule has 0 unspecified atom stereocenters. The fraction of sp³-hybridized carbons (Fsp3) is 0.667. The van der Waals surface area contributed by atoms with Crippen LogP contribution in [0, 0.1) is 0 Å². The van der Waals surface area contributed by atoms with Gasteiger partial charge in [-0.3, -0.25) is 0 Å². The van der Waals surface area contributed by atoms with Crippen LogP contribution in [0.2, 0.25) is 0 Å². The molecule has 0 aliphatic heterocycles. The van der Waals surface area contributed by atoms with Gasteiger partial charge < -0.3 is 5.11 Å². The monoisotopic (exact) mass is 376 g/mol. The summed E-state index contributed by atoms with van der Waals surface area (Å²) in [7, 11) is 0. The lowest BCUT2D eigenvalue weighted by Gasteiger charge is -2.03. The highest BCUT2D eigenvalue weighted by Gasteiger charge is 1.95. The molecule has 0 bridgehead atoms. The fourth-order valence-electron chi connectivity index (χ4n) is 3.08. The molecule has 1 rings (SSSR count). The average Bonchev–Trinajstić information content (AvgIpc) is 2.66. The zero-order chi connectivity index (χ0) is 18.7. The van der Waals surface area contributed by atoms with Crippen LogP contribution in [-0.4, -0.2) is 10.9 Å². The Labute approximate surface area is 166 Å². The van der Waals surface area contributed by atoms with E-state index >= 15 is 0 Å². The number of phenols is 1. The Hall–Kier alpha value is -0.890. The normalized spacial score (nSPS) is 11.4. The van der Waals surface area contributed by atoms with Crippen LogP contribution in [0.15, 0.2) is 41.3 Å². The SMILES string of the molecule is CCCCCCCCC=CCCCCCCCCSc1ccc(O)cc1. The Morgan fingerprint density at radius 1 is 0.692 bits per heavy atom. The summed E-state index contributed by atoms with van der Waals surface area (Å²) in [4.78, 5) is 1.26. The lowest BCUT2D eigenvalue weighted by atomic mass is 10.1. The second-order valence-electron chi connectivity index (χ2n) is 7.28. The van der Waals surface area contributed by atoms with E-state index in [4.69, 9.17) is 0 Å². The molecule has 0 aliphatic carbocycles. The highest BCUT2D eigenvalue weighted by atomic mass is 32.2. The lowest BCUT2D eigenvalue weighted by Crippen LogP contribution is -1.83. The van der Waals surface area contributed by atoms with Crippen molar-refractivity contribution in [3.05, 3.63) is 36.4 Å². The van der Waals surface area contributed by atoms with Crippen LogP contribution in [0.4, 0.5) is 0 Å². The summed E-state index contributed by atoms with van der Waals surface area (Å²) < 4.78 is 0. The van der Waals surface area contributed by atoms with Gasteiger partial charge in [-0.05, 0) is 62.1 Å². The van der Waals surface area contributed by atoms with Gasteiger partial charge in [0.15, 0.2) is 0 Å². The average molecular weight is 377 g/mol. The molecule has 148 valence electrons. The minimum atomic E-state index is 0.353. The third kappa shape index (κ3) is 14.3. The highest BCUT2D eigenvalue weighted by molar-refractivity contribution is 7.99. The molecule has 0 saturated heterocycles. The number of phenolic OH excluding ortho intramolecular Hbond substituents is 1. The Morgan fingerprint density at radius 3 is 1.77 bits per heavy atom. The maximum Gasteiger partial charge on any atom is 0.115 e. The second kappa shape index (κ2) is 17.5. The predicted octanol–water partition coefficient (Wildman–Crippen LogP) is 8.52. The third-order valence-electron chi connectivity index (χ3n) is 4.76. The van der Waals surface area contributed by atoms with Crippen molar-refractivity contribution in [2.24, 2.45) is 0 Å². The molecule has 0 amide bonds. The highest BCUT2D eigenvalue weighted by Crippen LogP contribution is 2.22. The minimum absolute atomic E-state index is 0.353. The van der Waals surface area contributed by atoms with E-state index in [0.717, 1.165) is 0 Å². The van der Waals surface area contributed by atoms with Gasteiger partial charge in [0.05, 0.1) is 0 Å². The molecule has 1 aromatic rings. The first-order valence-corrected chi connectivity index (χ1v) is 11.9. The quantitative estimate of drug-likeness (QED) is 0.167. The zero-order valence-electron chi connectivity index (χ0n) is 16.9. The van der Waals surface area contributed by atoms with Gasteiger partial charge in [-0.15, -0.1) is 11.8 Å². The number of thioether (sulfide) groups is 1. The number of rotatable bonds is 17. The first kappa shape index (κ1) is 23.1. The number of allylic oxidation sites excluding steroid dienone is 2. The molecular formula is C24H40OS. The topological polar surface area (TPSA) is 20.2 Å². The Morgan fingerprint density at radius 2 is 1.19 bits per heavy atom. The van der Waals surface area contributed by atoms with Gasteiger partial charge in [0.25, 0.3) is 0 Å². The summed E-state index contributed by atoms with van der Waals surface area (Å²) in [5.74, 6) is 1.54. The van der Waals surface area contributed by atoms with Crippen molar-refractivity contribution in [2.75, 3.05) is 5.75 Å². The minimum Gasteiger partial charge on any atom is -0.508 e. The van der Waals surface area contributed by atoms with Gasteiger partial charge in [-0.1, -0.05) is 76.9 Å². The molecule has 26 heavy (non-hydrogen) atoms. The molecule has 0 atom stereocenters. The summed E-state index contributed by atoms with van der Waals surface area (Å²) in [6, 6.07) is 7.54. The Bertz CT molecular complexity index is 438. The van der Waals surface area contributed by atoms with E-state index in [9.17, 15) is 5.11 Å². The maximum atomic E-state index is 9.26. The van der Waals surface area contributed by atoms with Gasteiger partial charge in [0.2, 0.25) is 0 Å². The second-order valence-corrected chi connectivity index (χ2v) is 8.45. The smallest absolute Gasteiger partial charge is 0.115 e. The van der Waals surface area contributed by atoms with Crippen LogP contribution >= 0.6 is 11.8 Å². The number of aromatic hydroxyl groups is 1. The molecule has 1 nitrogen and oxygen atoms in total. The Balaban J connectivity index is 1.78. The van der Waals surface area contributed by atoms with Crippen LogP contribution in [-0.2, 0) is 0 Å². The van der Waals surface area contributed by atoms with Gasteiger partial charge in [0, 0.05) is 4.90 Å². The Kier molecular flexibility index (Phi) is 15.6. The predicted molar refractivity (Wildman–Crippen MR) is 118 cm³/mol. The molecule has 1 N–H and O–H groups in total. The van der Waals surface area contributed by atoms with E-state index in [1.165, 1.54) is 101 Å². The number of benzene rings is 1. The van der Waals surface area contributed by atoms with E-state index in [-0.39, 0.29) is 0 Å². The number of hydrogen-bond donors (Lipinski definition) is 1. The standard InChI is InChI=1S/C24H40OS/c1-2-3-4-5-6-7-8-9-10-11-12-13-14-15-16-17-22-26-24-20-18-23(25)19-21-24/h9-10,18-21,25H,2-8,11-17,22H2,1H3. The van der Waals surface area contributed by atoms with Gasteiger partial charge >= 0.3 is 0 Å². The maximum absolute atomic E-state index is 9.26. The first-order valence-electron chi connectivity index (χ1n) is 10.9. The summed E-state index contributed by atoms with van der Waals surface area (Å²) >= 11 is 1.90. The van der Waals surface area contributed by atoms with E-state index in [1.54, 1.807) is 12.1 Å². The van der Waals surface area contributed by atoms with Crippen molar-refractivity contribution in [2.45, 2.75) is 102 Å². The van der Waals surface area contributed by atoms with Crippen LogP contribution in [0.5, 0.6) is 5.75 Å². The molecule has 0 aliphatic rings. The third-order valence-corrected chi connectivity index (χ3v) is 5.86. The molecule has 0 fully saturated rings. The summed E-state index contributed by atoms with van der Waals surface area (Å²) in [5, 5.41) is 9.26. The molecule has 0 saturated carbocycles. The fourth-order valence-corrected chi connectivity index (χ4v) is 3.99. The van der Waals surface area contributed by atoms with Crippen molar-refractivity contribution >= 4 is 11.8 Å². The molecule has 0 heterocycles. The summed E-state index contributed by atoms with van der Waals surface area (Å²) in [6.45, 7) is 2.28. The van der Waals surface area contributed by atoms with E-state index < -0.39 is 0 Å². The number of unbranched alkanes of at least 4 members (excludes halogenated alkanes) is 12. The van der Waals surface area contributed by atoms with E-state index in [2.05, 4.69) is 19.1 Å². The van der Waals surface area contributed by atoms with Crippen LogP contribution in [0.25, 0.3) is 0 Å². The van der Waals surface area contributed by atoms with Crippen LogP contribution in [0.1, 0.15) is 96.8 Å². The molecular weight excluding hydrogens is 336 g/mol. The lowest BCUT2D eigenvalue weighted by molar-refractivity contribution is 0.475. The molecule has 1 aromatic carbocycles. The summed E-state index contributed by atoms with van der Waals surface area (Å²) in [5.41, 5.74) is 0.